The number of hydrogen-bond donors (Lipinski definition) is 2. The number of rotatable bonds is 4. The van der Waals surface area contributed by atoms with E-state index in [2.05, 4.69) is 15.3 Å². The van der Waals surface area contributed by atoms with Gasteiger partial charge in [-0.05, 0) is 19.9 Å². The highest BCUT2D eigenvalue weighted by Crippen LogP contribution is 2.04. The summed E-state index contributed by atoms with van der Waals surface area (Å²) in [4.78, 5) is 8.32. The van der Waals surface area contributed by atoms with Crippen molar-refractivity contribution < 1.29 is 5.11 Å². The van der Waals surface area contributed by atoms with Crippen LogP contribution in [-0.2, 0) is 6.54 Å². The minimum absolute atomic E-state index is 0.542. The summed E-state index contributed by atoms with van der Waals surface area (Å²) < 4.78 is 1.93. The summed E-state index contributed by atoms with van der Waals surface area (Å²) in [5.74, 6) is 0.697. The van der Waals surface area contributed by atoms with Gasteiger partial charge >= 0.3 is 0 Å². The average Bonchev–Trinajstić information content (AvgIpc) is 2.60. The largest absolute Gasteiger partial charge is 0.389 e. The van der Waals surface area contributed by atoms with Gasteiger partial charge in [0, 0.05) is 25.5 Å². The van der Waals surface area contributed by atoms with Crippen LogP contribution in [0.1, 0.15) is 19.5 Å². The van der Waals surface area contributed by atoms with Gasteiger partial charge in [-0.3, -0.25) is 4.40 Å². The lowest BCUT2D eigenvalue weighted by Gasteiger charge is -2.17. The summed E-state index contributed by atoms with van der Waals surface area (Å²) in [5.41, 5.74) is 0.339. The van der Waals surface area contributed by atoms with E-state index in [0.717, 1.165) is 5.69 Å². The fourth-order valence-corrected chi connectivity index (χ4v) is 1.50. The van der Waals surface area contributed by atoms with Crippen LogP contribution in [0.3, 0.4) is 0 Å². The lowest BCUT2D eigenvalue weighted by atomic mass is 10.1. The molecule has 0 aliphatic heterocycles. The average molecular weight is 220 g/mol. The topological polar surface area (TPSA) is 62.5 Å². The number of nitrogens with one attached hydrogen (secondary N) is 1. The Balaban J connectivity index is 2.05. The lowest BCUT2D eigenvalue weighted by molar-refractivity contribution is 0.0794. The van der Waals surface area contributed by atoms with Crippen LogP contribution in [0.2, 0.25) is 0 Å². The van der Waals surface area contributed by atoms with Gasteiger partial charge in [0.15, 0.2) is 0 Å². The maximum Gasteiger partial charge on any atom is 0.233 e. The van der Waals surface area contributed by atoms with E-state index in [4.69, 9.17) is 0 Å². The highest BCUT2D eigenvalue weighted by atomic mass is 16.3. The molecular formula is C11H16N4O. The molecule has 2 aromatic heterocycles. The van der Waals surface area contributed by atoms with Crippen LogP contribution in [0.25, 0.3) is 5.78 Å². The monoisotopic (exact) mass is 220 g/mol. The van der Waals surface area contributed by atoms with Gasteiger partial charge in [0.1, 0.15) is 0 Å². The molecule has 16 heavy (non-hydrogen) atoms. The standard InChI is InChI=1S/C11H16N4O/c1-11(2,16)8-12-6-9-7-14-10-13-4-3-5-15(9)10/h3-5,7,12,16H,6,8H2,1-2H3. The van der Waals surface area contributed by atoms with Crippen LogP contribution in [0, 0.1) is 0 Å². The molecule has 5 nitrogen and oxygen atoms in total. The zero-order chi connectivity index (χ0) is 11.6. The van der Waals surface area contributed by atoms with Gasteiger partial charge in [-0.2, -0.15) is 0 Å². The van der Waals surface area contributed by atoms with Crippen molar-refractivity contribution in [3.8, 4) is 0 Å². The Morgan fingerprint density at radius 2 is 2.25 bits per heavy atom. The van der Waals surface area contributed by atoms with Crippen LogP contribution in [-0.4, -0.2) is 31.6 Å². The molecule has 86 valence electrons. The molecule has 0 aliphatic carbocycles. The highest BCUT2D eigenvalue weighted by molar-refractivity contribution is 5.30. The van der Waals surface area contributed by atoms with Gasteiger partial charge < -0.3 is 10.4 Å². The molecule has 0 saturated carbocycles. The molecule has 0 unspecified atom stereocenters. The van der Waals surface area contributed by atoms with Gasteiger partial charge in [-0.1, -0.05) is 0 Å². The first-order valence-corrected chi connectivity index (χ1v) is 5.26. The summed E-state index contributed by atoms with van der Waals surface area (Å²) >= 11 is 0. The maximum absolute atomic E-state index is 9.56. The number of aliphatic hydroxyl groups is 1. The van der Waals surface area contributed by atoms with Crippen molar-refractivity contribution in [2.75, 3.05) is 6.54 Å². The Morgan fingerprint density at radius 3 is 3.00 bits per heavy atom. The Bertz CT molecular complexity index is 472. The third kappa shape index (κ3) is 2.56. The smallest absolute Gasteiger partial charge is 0.233 e. The van der Waals surface area contributed by atoms with Crippen LogP contribution in [0.5, 0.6) is 0 Å². The van der Waals surface area contributed by atoms with E-state index in [0.29, 0.717) is 18.9 Å². The van der Waals surface area contributed by atoms with Gasteiger partial charge in [-0.15, -0.1) is 0 Å². The molecule has 2 heterocycles. The second-order valence-electron chi connectivity index (χ2n) is 4.46. The predicted octanol–water partition coefficient (Wildman–Crippen LogP) is 0.590. The molecule has 2 aromatic rings. The zero-order valence-electron chi connectivity index (χ0n) is 9.51. The Morgan fingerprint density at radius 1 is 1.44 bits per heavy atom. The van der Waals surface area contributed by atoms with Crippen molar-refractivity contribution in [1.82, 2.24) is 19.7 Å². The first-order chi connectivity index (χ1) is 7.56. The van der Waals surface area contributed by atoms with Crippen molar-refractivity contribution in [2.24, 2.45) is 0 Å². The van der Waals surface area contributed by atoms with E-state index in [9.17, 15) is 5.11 Å². The summed E-state index contributed by atoms with van der Waals surface area (Å²) in [5, 5.41) is 12.7. The van der Waals surface area contributed by atoms with Gasteiger partial charge in [-0.25, -0.2) is 9.97 Å². The molecule has 5 heteroatoms. The summed E-state index contributed by atoms with van der Waals surface area (Å²) in [6.07, 6.45) is 5.44. The predicted molar refractivity (Wildman–Crippen MR) is 61.0 cm³/mol. The fourth-order valence-electron chi connectivity index (χ4n) is 1.50. The molecule has 2 rings (SSSR count). The first kappa shape index (κ1) is 11.0. The molecular weight excluding hydrogens is 204 g/mol. The lowest BCUT2D eigenvalue weighted by Crippen LogP contribution is -2.34. The Kier molecular flexibility index (Phi) is 2.89. The third-order valence-corrected chi connectivity index (χ3v) is 2.23. The number of imidazole rings is 1. The maximum atomic E-state index is 9.56. The Labute approximate surface area is 94.2 Å². The van der Waals surface area contributed by atoms with Crippen LogP contribution in [0.15, 0.2) is 24.7 Å². The van der Waals surface area contributed by atoms with E-state index >= 15 is 0 Å². The number of aromatic nitrogens is 3. The van der Waals surface area contributed by atoms with Crippen molar-refractivity contribution >= 4 is 5.78 Å². The highest BCUT2D eigenvalue weighted by Gasteiger charge is 2.11. The van der Waals surface area contributed by atoms with Gasteiger partial charge in [0.25, 0.3) is 0 Å². The minimum atomic E-state index is -0.696. The summed E-state index contributed by atoms with van der Waals surface area (Å²) in [6, 6.07) is 1.87. The van der Waals surface area contributed by atoms with Crippen LogP contribution >= 0.6 is 0 Å². The van der Waals surface area contributed by atoms with Gasteiger partial charge in [0.2, 0.25) is 5.78 Å². The molecule has 0 radical (unpaired) electrons. The zero-order valence-corrected chi connectivity index (χ0v) is 9.51. The van der Waals surface area contributed by atoms with E-state index < -0.39 is 5.60 Å². The van der Waals surface area contributed by atoms with Crippen molar-refractivity contribution in [3.63, 3.8) is 0 Å². The quantitative estimate of drug-likeness (QED) is 0.791. The minimum Gasteiger partial charge on any atom is -0.389 e. The molecule has 0 bridgehead atoms. The van der Waals surface area contributed by atoms with Crippen molar-refractivity contribution in [2.45, 2.75) is 26.0 Å². The summed E-state index contributed by atoms with van der Waals surface area (Å²) in [6.45, 7) is 4.75. The van der Waals surface area contributed by atoms with E-state index in [1.807, 2.05) is 16.7 Å². The SMILES string of the molecule is CC(C)(O)CNCc1cnc2ncccn12. The molecule has 2 N–H and O–H groups in total. The van der Waals surface area contributed by atoms with E-state index in [1.54, 1.807) is 26.2 Å². The molecule has 0 amide bonds. The number of nitrogens with zero attached hydrogens (tertiary/aromatic N) is 3. The Hall–Kier alpha value is -1.46. The fraction of sp³-hybridized carbons (Fsp3) is 0.455. The number of hydrogen-bond acceptors (Lipinski definition) is 4. The van der Waals surface area contributed by atoms with E-state index in [-0.39, 0.29) is 0 Å². The van der Waals surface area contributed by atoms with Crippen LogP contribution < -0.4 is 5.32 Å². The van der Waals surface area contributed by atoms with Crippen molar-refractivity contribution in [1.29, 1.82) is 0 Å². The second-order valence-corrected chi connectivity index (χ2v) is 4.46. The second kappa shape index (κ2) is 4.19. The van der Waals surface area contributed by atoms with E-state index in [1.165, 1.54) is 0 Å². The molecule has 0 aromatic carbocycles. The van der Waals surface area contributed by atoms with Gasteiger partial charge in [0.05, 0.1) is 17.5 Å². The molecule has 0 spiro atoms. The first-order valence-electron chi connectivity index (χ1n) is 5.26. The molecule has 0 aliphatic rings. The summed E-state index contributed by atoms with van der Waals surface area (Å²) in [7, 11) is 0. The normalized spacial score (nSPS) is 12.2. The van der Waals surface area contributed by atoms with Crippen molar-refractivity contribution in [3.05, 3.63) is 30.4 Å². The third-order valence-electron chi connectivity index (χ3n) is 2.23. The molecule has 0 fully saturated rings. The molecule has 0 atom stereocenters. The van der Waals surface area contributed by atoms with Crippen LogP contribution in [0.4, 0.5) is 0 Å². The molecule has 0 saturated heterocycles. The number of fused-ring (bicyclic) bond motifs is 1.